The minimum absolute atomic E-state index is 0.210. The molecule has 0 aromatic carbocycles. The number of hydrogen-bond donors (Lipinski definition) is 2. The van der Waals surface area contributed by atoms with Crippen LogP contribution in [0.25, 0.3) is 0 Å². The maximum absolute atomic E-state index is 9.65. The molecule has 0 fully saturated rings. The molecule has 0 aliphatic rings. The van der Waals surface area contributed by atoms with Gasteiger partial charge in [-0.25, -0.2) is 0 Å². The summed E-state index contributed by atoms with van der Waals surface area (Å²) < 4.78 is 0. The number of aliphatic hydroxyl groups is 2. The summed E-state index contributed by atoms with van der Waals surface area (Å²) in [6.45, 7) is 7.81. The average Bonchev–Trinajstić information content (AvgIpc) is 2.05. The Balaban J connectivity index is 3.70. The molecule has 72 valence electrons. The van der Waals surface area contributed by atoms with Crippen molar-refractivity contribution in [1.82, 2.24) is 0 Å². The van der Waals surface area contributed by atoms with Crippen LogP contribution in [0.15, 0.2) is 12.7 Å². The van der Waals surface area contributed by atoms with Gasteiger partial charge in [-0.3, -0.25) is 0 Å². The van der Waals surface area contributed by atoms with Crippen LogP contribution in [0.3, 0.4) is 0 Å². The lowest BCUT2D eigenvalue weighted by Gasteiger charge is -2.26. The monoisotopic (exact) mass is 172 g/mol. The van der Waals surface area contributed by atoms with E-state index in [1.807, 2.05) is 13.8 Å². The van der Waals surface area contributed by atoms with Gasteiger partial charge in [0.05, 0.1) is 6.10 Å². The first-order chi connectivity index (χ1) is 5.54. The molecule has 0 spiro atoms. The summed E-state index contributed by atoms with van der Waals surface area (Å²) in [5, 5.41) is 18.2. The Morgan fingerprint density at radius 2 is 2.00 bits per heavy atom. The van der Waals surface area contributed by atoms with Gasteiger partial charge in [0.2, 0.25) is 0 Å². The van der Waals surface area contributed by atoms with Gasteiger partial charge in [0.1, 0.15) is 0 Å². The second kappa shape index (κ2) is 5.33. The first-order valence-corrected chi connectivity index (χ1v) is 4.47. The Labute approximate surface area is 74.9 Å². The van der Waals surface area contributed by atoms with Gasteiger partial charge in [-0.1, -0.05) is 19.9 Å². The summed E-state index contributed by atoms with van der Waals surface area (Å²) in [6.07, 6.45) is 3.80. The summed E-state index contributed by atoms with van der Waals surface area (Å²) >= 11 is 0. The molecule has 0 saturated carbocycles. The lowest BCUT2D eigenvalue weighted by Crippen LogP contribution is -2.26. The van der Waals surface area contributed by atoms with Gasteiger partial charge in [-0.15, -0.1) is 6.58 Å². The Kier molecular flexibility index (Phi) is 5.18. The Morgan fingerprint density at radius 1 is 1.42 bits per heavy atom. The molecule has 0 aliphatic heterocycles. The van der Waals surface area contributed by atoms with Crippen LogP contribution in [0.2, 0.25) is 0 Å². The molecule has 0 aliphatic carbocycles. The molecule has 2 nitrogen and oxygen atoms in total. The molecular formula is C10H20O2. The highest BCUT2D eigenvalue weighted by atomic mass is 16.3. The van der Waals surface area contributed by atoms with Crippen LogP contribution in [0, 0.1) is 5.41 Å². The second-order valence-corrected chi connectivity index (χ2v) is 3.76. The van der Waals surface area contributed by atoms with Gasteiger partial charge < -0.3 is 10.2 Å². The molecule has 0 amide bonds. The lowest BCUT2D eigenvalue weighted by atomic mass is 9.84. The van der Waals surface area contributed by atoms with Crippen LogP contribution in [0.4, 0.5) is 0 Å². The molecule has 0 aromatic heterocycles. The predicted molar refractivity (Wildman–Crippen MR) is 50.9 cm³/mol. The van der Waals surface area contributed by atoms with Crippen molar-refractivity contribution < 1.29 is 10.2 Å². The zero-order chi connectivity index (χ0) is 9.61. The maximum Gasteiger partial charge on any atom is 0.0625 e. The third kappa shape index (κ3) is 3.88. The molecule has 0 bridgehead atoms. The summed E-state index contributed by atoms with van der Waals surface area (Å²) in [4.78, 5) is 0. The number of unbranched alkanes of at least 4 members (excludes halogenated alkanes) is 1. The van der Waals surface area contributed by atoms with Crippen LogP contribution in [-0.2, 0) is 0 Å². The van der Waals surface area contributed by atoms with Crippen LogP contribution >= 0.6 is 0 Å². The van der Waals surface area contributed by atoms with Gasteiger partial charge >= 0.3 is 0 Å². The fourth-order valence-electron chi connectivity index (χ4n) is 0.958. The molecule has 0 saturated heterocycles. The average molecular weight is 172 g/mol. The number of rotatable bonds is 6. The van der Waals surface area contributed by atoms with E-state index in [0.29, 0.717) is 0 Å². The quantitative estimate of drug-likeness (QED) is 0.473. The summed E-state index contributed by atoms with van der Waals surface area (Å²) in [5.74, 6) is 0. The van der Waals surface area contributed by atoms with E-state index >= 15 is 0 Å². The Bertz CT molecular complexity index is 130. The normalized spacial score (nSPS) is 14.3. The van der Waals surface area contributed by atoms with Crippen LogP contribution in [0.5, 0.6) is 0 Å². The standard InChI is InChI=1S/C10H20O2/c1-4-10(2,3)9(12)7-5-6-8-11/h4,9,11-12H,1,5-8H2,2-3H3/t9-/m1/s1. The fourth-order valence-corrected chi connectivity index (χ4v) is 0.958. The maximum atomic E-state index is 9.65. The molecule has 12 heavy (non-hydrogen) atoms. The lowest BCUT2D eigenvalue weighted by molar-refractivity contribution is 0.0703. The SMILES string of the molecule is C=CC(C)(C)[C@H](O)CCCCO. The predicted octanol–water partition coefficient (Wildman–Crippen LogP) is 1.72. The summed E-state index contributed by atoms with van der Waals surface area (Å²) in [5.41, 5.74) is -0.213. The van der Waals surface area contributed by atoms with Gasteiger partial charge in [0.25, 0.3) is 0 Å². The highest BCUT2D eigenvalue weighted by molar-refractivity contribution is 4.92. The highest BCUT2D eigenvalue weighted by Crippen LogP contribution is 2.25. The van der Waals surface area contributed by atoms with Gasteiger partial charge in [0.15, 0.2) is 0 Å². The topological polar surface area (TPSA) is 40.5 Å². The Morgan fingerprint density at radius 3 is 2.42 bits per heavy atom. The minimum atomic E-state index is -0.346. The zero-order valence-corrected chi connectivity index (χ0v) is 8.08. The van der Waals surface area contributed by atoms with Crippen molar-refractivity contribution in [3.8, 4) is 0 Å². The van der Waals surface area contributed by atoms with Gasteiger partial charge in [-0.2, -0.15) is 0 Å². The van der Waals surface area contributed by atoms with E-state index in [9.17, 15) is 5.11 Å². The smallest absolute Gasteiger partial charge is 0.0625 e. The third-order valence-corrected chi connectivity index (χ3v) is 2.27. The molecule has 2 N–H and O–H groups in total. The van der Waals surface area contributed by atoms with Crippen molar-refractivity contribution >= 4 is 0 Å². The van der Waals surface area contributed by atoms with Crippen molar-refractivity contribution in [2.24, 2.45) is 5.41 Å². The van der Waals surface area contributed by atoms with Crippen molar-refractivity contribution in [2.45, 2.75) is 39.2 Å². The van der Waals surface area contributed by atoms with E-state index < -0.39 is 0 Å². The van der Waals surface area contributed by atoms with E-state index in [1.165, 1.54) is 0 Å². The van der Waals surface area contributed by atoms with Gasteiger partial charge in [0, 0.05) is 12.0 Å². The van der Waals surface area contributed by atoms with Crippen molar-refractivity contribution in [3.63, 3.8) is 0 Å². The molecule has 0 heterocycles. The fraction of sp³-hybridized carbons (Fsp3) is 0.800. The number of aliphatic hydroxyl groups excluding tert-OH is 2. The van der Waals surface area contributed by atoms with Crippen LogP contribution < -0.4 is 0 Å². The first kappa shape index (κ1) is 11.7. The minimum Gasteiger partial charge on any atom is -0.396 e. The van der Waals surface area contributed by atoms with Crippen molar-refractivity contribution in [3.05, 3.63) is 12.7 Å². The summed E-state index contributed by atoms with van der Waals surface area (Å²) in [7, 11) is 0. The first-order valence-electron chi connectivity index (χ1n) is 4.47. The molecule has 0 rings (SSSR count). The summed E-state index contributed by atoms with van der Waals surface area (Å²) in [6, 6.07) is 0. The molecule has 0 aromatic rings. The third-order valence-electron chi connectivity index (χ3n) is 2.27. The molecule has 2 heteroatoms. The van der Waals surface area contributed by atoms with Crippen LogP contribution in [-0.4, -0.2) is 22.9 Å². The molecule has 0 radical (unpaired) electrons. The van der Waals surface area contributed by atoms with E-state index in [-0.39, 0.29) is 18.1 Å². The molecule has 1 atom stereocenters. The largest absolute Gasteiger partial charge is 0.396 e. The number of hydrogen-bond acceptors (Lipinski definition) is 2. The van der Waals surface area contributed by atoms with E-state index in [4.69, 9.17) is 5.11 Å². The molecule has 0 unspecified atom stereocenters. The second-order valence-electron chi connectivity index (χ2n) is 3.76. The van der Waals surface area contributed by atoms with Crippen molar-refractivity contribution in [1.29, 1.82) is 0 Å². The van der Waals surface area contributed by atoms with E-state index in [2.05, 4.69) is 6.58 Å². The zero-order valence-electron chi connectivity index (χ0n) is 8.08. The van der Waals surface area contributed by atoms with Gasteiger partial charge in [-0.05, 0) is 19.3 Å². The Hall–Kier alpha value is -0.340. The van der Waals surface area contributed by atoms with Crippen molar-refractivity contribution in [2.75, 3.05) is 6.61 Å². The van der Waals surface area contributed by atoms with E-state index in [0.717, 1.165) is 19.3 Å². The van der Waals surface area contributed by atoms with Crippen LogP contribution in [0.1, 0.15) is 33.1 Å². The highest BCUT2D eigenvalue weighted by Gasteiger charge is 2.23. The molecular weight excluding hydrogens is 152 g/mol. The van der Waals surface area contributed by atoms with E-state index in [1.54, 1.807) is 6.08 Å².